The maximum Gasteiger partial charge on any atom is 0.247 e. The van der Waals surface area contributed by atoms with E-state index in [1.807, 2.05) is 0 Å². The fourth-order valence-electron chi connectivity index (χ4n) is 2.30. The normalized spacial score (nSPS) is 24.1. The van der Waals surface area contributed by atoms with Crippen molar-refractivity contribution in [2.24, 2.45) is 11.3 Å². The zero-order valence-electron chi connectivity index (χ0n) is 10.5. The second-order valence-electron chi connectivity index (χ2n) is 5.09. The van der Waals surface area contributed by atoms with E-state index in [2.05, 4.69) is 19.3 Å². The van der Waals surface area contributed by atoms with Crippen molar-refractivity contribution in [3.05, 3.63) is 0 Å². The zero-order valence-corrected chi connectivity index (χ0v) is 10.5. The fourth-order valence-corrected chi connectivity index (χ4v) is 2.30. The third-order valence-electron chi connectivity index (χ3n) is 3.39. The Bertz CT molecular complexity index is 228. The monoisotopic (exact) mass is 229 g/mol. The summed E-state index contributed by atoms with van der Waals surface area (Å²) < 4.78 is 4.83. The van der Waals surface area contributed by atoms with Gasteiger partial charge in [0.15, 0.2) is 0 Å². The number of ether oxygens (including phenoxy) is 1. The number of hydrogen-bond acceptors (Lipinski definition) is 3. The molecule has 1 N–H and O–H groups in total. The van der Waals surface area contributed by atoms with Gasteiger partial charge in [-0.15, -0.1) is 0 Å². The highest BCUT2D eigenvalue weighted by atomic mass is 16.7. The number of rotatable bonds is 5. The molecule has 1 fully saturated rings. The second kappa shape index (κ2) is 6.21. The molecule has 1 rings (SSSR count). The van der Waals surface area contributed by atoms with Gasteiger partial charge in [0.2, 0.25) is 5.91 Å². The quantitative estimate of drug-likeness (QED) is 0.578. The lowest BCUT2D eigenvalue weighted by Crippen LogP contribution is -2.41. The number of nitrogens with one attached hydrogen (secondary N) is 1. The third-order valence-corrected chi connectivity index (χ3v) is 3.39. The van der Waals surface area contributed by atoms with Crippen molar-refractivity contribution in [2.45, 2.75) is 39.5 Å². The molecule has 0 spiro atoms. The Kier molecular flexibility index (Phi) is 5.22. The van der Waals surface area contributed by atoms with Crippen LogP contribution >= 0.6 is 0 Å². The highest BCUT2D eigenvalue weighted by Crippen LogP contribution is 2.40. The molecule has 4 nitrogen and oxygen atoms in total. The van der Waals surface area contributed by atoms with Crippen molar-refractivity contribution < 1.29 is 14.4 Å². The fraction of sp³-hybridized carbons (Fsp3) is 0.917. The van der Waals surface area contributed by atoms with Gasteiger partial charge in [-0.3, -0.25) is 9.63 Å². The van der Waals surface area contributed by atoms with Crippen LogP contribution in [0, 0.1) is 11.3 Å². The van der Waals surface area contributed by atoms with Gasteiger partial charge >= 0.3 is 0 Å². The van der Waals surface area contributed by atoms with Crippen LogP contribution in [0.15, 0.2) is 0 Å². The summed E-state index contributed by atoms with van der Waals surface area (Å²) in [6.07, 6.45) is 4.44. The van der Waals surface area contributed by atoms with E-state index in [9.17, 15) is 4.79 Å². The first-order valence-corrected chi connectivity index (χ1v) is 5.98. The van der Waals surface area contributed by atoms with Gasteiger partial charge in [0.05, 0.1) is 13.2 Å². The molecular weight excluding hydrogens is 206 g/mol. The van der Waals surface area contributed by atoms with Gasteiger partial charge in [-0.1, -0.05) is 26.7 Å². The lowest BCUT2D eigenvalue weighted by molar-refractivity contribution is -0.144. The number of carbonyl (C=O) groups excluding carboxylic acids is 1. The summed E-state index contributed by atoms with van der Waals surface area (Å²) in [7, 11) is 1.61. The topological polar surface area (TPSA) is 47.6 Å². The van der Waals surface area contributed by atoms with Crippen LogP contribution in [0.5, 0.6) is 0 Å². The van der Waals surface area contributed by atoms with Crippen LogP contribution in [0.25, 0.3) is 0 Å². The molecule has 0 aromatic heterocycles. The lowest BCUT2D eigenvalue weighted by atomic mass is 9.68. The molecule has 1 aliphatic carbocycles. The van der Waals surface area contributed by atoms with E-state index in [0.717, 1.165) is 19.3 Å². The number of carbonyl (C=O) groups is 1. The molecular formula is C12H23NO3. The van der Waals surface area contributed by atoms with E-state index in [1.165, 1.54) is 6.42 Å². The molecule has 1 unspecified atom stereocenters. The maximum absolute atomic E-state index is 11.9. The third kappa shape index (κ3) is 3.76. The van der Waals surface area contributed by atoms with Crippen LogP contribution in [0.4, 0.5) is 0 Å². The molecule has 0 radical (unpaired) electrons. The molecule has 94 valence electrons. The predicted octanol–water partition coefficient (Wildman–Crippen LogP) is 1.90. The Morgan fingerprint density at radius 3 is 2.75 bits per heavy atom. The van der Waals surface area contributed by atoms with E-state index in [4.69, 9.17) is 9.57 Å². The van der Waals surface area contributed by atoms with E-state index < -0.39 is 0 Å². The molecule has 0 saturated heterocycles. The molecule has 1 saturated carbocycles. The summed E-state index contributed by atoms with van der Waals surface area (Å²) in [4.78, 5) is 17.0. The molecule has 0 aromatic rings. The summed E-state index contributed by atoms with van der Waals surface area (Å²) in [6, 6.07) is 0. The number of hydrogen-bond donors (Lipinski definition) is 1. The van der Waals surface area contributed by atoms with Crippen molar-refractivity contribution in [1.82, 2.24) is 5.48 Å². The second-order valence-corrected chi connectivity index (χ2v) is 5.09. The minimum absolute atomic E-state index is 0.0146. The maximum atomic E-state index is 11.9. The SMILES string of the molecule is COCCONC(=O)C1CCCCC1(C)C. The number of methoxy groups -OCH3 is 1. The largest absolute Gasteiger partial charge is 0.382 e. The highest BCUT2D eigenvalue weighted by molar-refractivity contribution is 5.78. The zero-order chi connectivity index (χ0) is 12.0. The Morgan fingerprint density at radius 2 is 2.12 bits per heavy atom. The van der Waals surface area contributed by atoms with Crippen LogP contribution in [-0.4, -0.2) is 26.2 Å². The molecule has 1 atom stereocenters. The van der Waals surface area contributed by atoms with Crippen molar-refractivity contribution in [2.75, 3.05) is 20.3 Å². The van der Waals surface area contributed by atoms with Gasteiger partial charge in [-0.2, -0.15) is 0 Å². The Labute approximate surface area is 97.6 Å². The molecule has 4 heteroatoms. The number of hydroxylamine groups is 1. The summed E-state index contributed by atoms with van der Waals surface area (Å²) in [6.45, 7) is 5.21. The average Bonchev–Trinajstić information content (AvgIpc) is 2.23. The van der Waals surface area contributed by atoms with Crippen molar-refractivity contribution in [3.63, 3.8) is 0 Å². The molecule has 1 amide bonds. The van der Waals surface area contributed by atoms with E-state index in [-0.39, 0.29) is 17.2 Å². The van der Waals surface area contributed by atoms with Gasteiger partial charge in [0.25, 0.3) is 0 Å². The van der Waals surface area contributed by atoms with E-state index >= 15 is 0 Å². The first-order chi connectivity index (χ1) is 7.58. The minimum Gasteiger partial charge on any atom is -0.382 e. The first-order valence-electron chi connectivity index (χ1n) is 5.98. The predicted molar refractivity (Wildman–Crippen MR) is 61.7 cm³/mol. The summed E-state index contributed by atoms with van der Waals surface area (Å²) >= 11 is 0. The van der Waals surface area contributed by atoms with Crippen molar-refractivity contribution in [1.29, 1.82) is 0 Å². The summed E-state index contributed by atoms with van der Waals surface area (Å²) in [5.41, 5.74) is 2.61. The van der Waals surface area contributed by atoms with Crippen LogP contribution in [0.1, 0.15) is 39.5 Å². The standard InChI is InChI=1S/C12H23NO3/c1-12(2)7-5-4-6-10(12)11(14)13-16-9-8-15-3/h10H,4-9H2,1-3H3,(H,13,14). The van der Waals surface area contributed by atoms with E-state index in [1.54, 1.807) is 7.11 Å². The van der Waals surface area contributed by atoms with Crippen LogP contribution in [0.2, 0.25) is 0 Å². The summed E-state index contributed by atoms with van der Waals surface area (Å²) in [5, 5.41) is 0. The lowest BCUT2D eigenvalue weighted by Gasteiger charge is -2.37. The van der Waals surface area contributed by atoms with Crippen molar-refractivity contribution >= 4 is 5.91 Å². The van der Waals surface area contributed by atoms with Gasteiger partial charge in [0, 0.05) is 13.0 Å². The van der Waals surface area contributed by atoms with Gasteiger partial charge in [-0.25, -0.2) is 5.48 Å². The molecule has 0 aliphatic heterocycles. The van der Waals surface area contributed by atoms with Crippen LogP contribution in [0.3, 0.4) is 0 Å². The molecule has 0 aromatic carbocycles. The number of amides is 1. The highest BCUT2D eigenvalue weighted by Gasteiger charge is 2.37. The summed E-state index contributed by atoms with van der Waals surface area (Å²) in [5.74, 6) is 0.0876. The minimum atomic E-state index is 0.0146. The average molecular weight is 229 g/mol. The Morgan fingerprint density at radius 1 is 1.38 bits per heavy atom. The van der Waals surface area contributed by atoms with Crippen LogP contribution < -0.4 is 5.48 Å². The van der Waals surface area contributed by atoms with E-state index in [0.29, 0.717) is 13.2 Å². The first kappa shape index (κ1) is 13.5. The molecule has 0 bridgehead atoms. The van der Waals surface area contributed by atoms with Gasteiger partial charge < -0.3 is 4.74 Å². The Balaban J connectivity index is 2.34. The molecule has 16 heavy (non-hydrogen) atoms. The molecule has 0 heterocycles. The Hall–Kier alpha value is -0.610. The van der Waals surface area contributed by atoms with Crippen LogP contribution in [-0.2, 0) is 14.4 Å². The smallest absolute Gasteiger partial charge is 0.247 e. The van der Waals surface area contributed by atoms with Gasteiger partial charge in [-0.05, 0) is 18.3 Å². The van der Waals surface area contributed by atoms with Gasteiger partial charge in [0.1, 0.15) is 0 Å². The van der Waals surface area contributed by atoms with Crippen molar-refractivity contribution in [3.8, 4) is 0 Å². The molecule has 1 aliphatic rings.